The zero-order valence-electron chi connectivity index (χ0n) is 13.3. The maximum absolute atomic E-state index is 6.25. The summed E-state index contributed by atoms with van der Waals surface area (Å²) in [5.74, 6) is 1.51. The molecule has 1 heterocycles. The Bertz CT molecular complexity index is 628. The quantitative estimate of drug-likeness (QED) is 0.807. The van der Waals surface area contributed by atoms with E-state index in [0.29, 0.717) is 5.15 Å². The number of benzene rings is 1. The third kappa shape index (κ3) is 3.73. The highest BCUT2D eigenvalue weighted by Crippen LogP contribution is 2.28. The SMILES string of the molecule is CCc1ccc(Nc2nc(C(C)(C)C)nc(Cl)c2C)cc1. The second-order valence-corrected chi connectivity index (χ2v) is 6.60. The summed E-state index contributed by atoms with van der Waals surface area (Å²) in [4.78, 5) is 9.02. The van der Waals surface area contributed by atoms with Crippen LogP contribution in [0.2, 0.25) is 5.15 Å². The van der Waals surface area contributed by atoms with Crippen LogP contribution in [0.25, 0.3) is 0 Å². The molecule has 0 unspecified atom stereocenters. The van der Waals surface area contributed by atoms with Crippen molar-refractivity contribution >= 4 is 23.1 Å². The molecule has 2 aromatic rings. The lowest BCUT2D eigenvalue weighted by molar-refractivity contribution is 0.545. The Morgan fingerprint density at radius 3 is 2.24 bits per heavy atom. The molecule has 0 amide bonds. The van der Waals surface area contributed by atoms with Crippen LogP contribution >= 0.6 is 11.6 Å². The number of halogens is 1. The van der Waals surface area contributed by atoms with Gasteiger partial charge in [0.05, 0.1) is 0 Å². The molecule has 0 radical (unpaired) electrons. The number of anilines is 2. The minimum Gasteiger partial charge on any atom is -0.340 e. The fraction of sp³-hybridized carbons (Fsp3) is 0.412. The number of hydrogen-bond acceptors (Lipinski definition) is 3. The van der Waals surface area contributed by atoms with E-state index in [1.54, 1.807) is 0 Å². The van der Waals surface area contributed by atoms with Gasteiger partial charge in [0.1, 0.15) is 16.8 Å². The summed E-state index contributed by atoms with van der Waals surface area (Å²) >= 11 is 6.25. The van der Waals surface area contributed by atoms with Crippen molar-refractivity contribution in [3.8, 4) is 0 Å². The normalized spacial score (nSPS) is 11.5. The largest absolute Gasteiger partial charge is 0.340 e. The standard InChI is InChI=1S/C17H22ClN3/c1-6-12-7-9-13(10-8-12)19-15-11(2)14(18)20-16(21-15)17(3,4)5/h7-10H,6H2,1-5H3,(H,19,20,21). The summed E-state index contributed by atoms with van der Waals surface area (Å²) in [5.41, 5.74) is 3.04. The first-order valence-corrected chi connectivity index (χ1v) is 7.59. The predicted molar refractivity (Wildman–Crippen MR) is 89.6 cm³/mol. The molecule has 112 valence electrons. The molecule has 0 spiro atoms. The second kappa shape index (κ2) is 6.02. The Balaban J connectivity index is 2.36. The Kier molecular flexibility index (Phi) is 4.52. The average molecular weight is 304 g/mol. The lowest BCUT2D eigenvalue weighted by Gasteiger charge is -2.19. The molecular formula is C17H22ClN3. The lowest BCUT2D eigenvalue weighted by atomic mass is 9.95. The van der Waals surface area contributed by atoms with E-state index in [2.05, 4.69) is 67.2 Å². The number of hydrogen-bond donors (Lipinski definition) is 1. The maximum atomic E-state index is 6.25. The number of nitrogens with one attached hydrogen (secondary N) is 1. The second-order valence-electron chi connectivity index (χ2n) is 6.24. The Hall–Kier alpha value is -1.61. The summed E-state index contributed by atoms with van der Waals surface area (Å²) in [6.07, 6.45) is 1.03. The van der Waals surface area contributed by atoms with Crippen molar-refractivity contribution < 1.29 is 0 Å². The van der Waals surface area contributed by atoms with Gasteiger partial charge in [-0.3, -0.25) is 0 Å². The highest BCUT2D eigenvalue weighted by atomic mass is 35.5. The van der Waals surface area contributed by atoms with Crippen LogP contribution < -0.4 is 5.32 Å². The van der Waals surface area contributed by atoms with Gasteiger partial charge in [0.2, 0.25) is 0 Å². The van der Waals surface area contributed by atoms with E-state index in [1.165, 1.54) is 5.56 Å². The van der Waals surface area contributed by atoms with E-state index in [4.69, 9.17) is 11.6 Å². The highest BCUT2D eigenvalue weighted by molar-refractivity contribution is 6.30. The topological polar surface area (TPSA) is 37.8 Å². The lowest BCUT2D eigenvalue weighted by Crippen LogP contribution is -2.17. The molecule has 2 rings (SSSR count). The van der Waals surface area contributed by atoms with Gasteiger partial charge in [-0.25, -0.2) is 9.97 Å². The van der Waals surface area contributed by atoms with Crippen LogP contribution in [0.15, 0.2) is 24.3 Å². The predicted octanol–water partition coefficient (Wildman–Crippen LogP) is 5.04. The highest BCUT2D eigenvalue weighted by Gasteiger charge is 2.20. The first-order chi connectivity index (χ1) is 9.81. The number of rotatable bonds is 3. The van der Waals surface area contributed by atoms with E-state index >= 15 is 0 Å². The summed E-state index contributed by atoms with van der Waals surface area (Å²) in [7, 11) is 0. The van der Waals surface area contributed by atoms with Crippen LogP contribution in [-0.2, 0) is 11.8 Å². The minimum atomic E-state index is -0.139. The van der Waals surface area contributed by atoms with Crippen LogP contribution in [0.4, 0.5) is 11.5 Å². The number of aromatic nitrogens is 2. The zero-order chi connectivity index (χ0) is 15.6. The van der Waals surface area contributed by atoms with Gasteiger partial charge in [-0.15, -0.1) is 0 Å². The zero-order valence-corrected chi connectivity index (χ0v) is 14.0. The van der Waals surface area contributed by atoms with Crippen LogP contribution in [0.3, 0.4) is 0 Å². The van der Waals surface area contributed by atoms with Crippen molar-refractivity contribution in [1.29, 1.82) is 0 Å². The molecule has 1 N–H and O–H groups in total. The molecule has 0 aliphatic carbocycles. The Morgan fingerprint density at radius 1 is 1.10 bits per heavy atom. The summed E-state index contributed by atoms with van der Waals surface area (Å²) in [6, 6.07) is 8.35. The van der Waals surface area contributed by atoms with Crippen molar-refractivity contribution in [2.75, 3.05) is 5.32 Å². The number of nitrogens with zero attached hydrogens (tertiary/aromatic N) is 2. The van der Waals surface area contributed by atoms with Gasteiger partial charge in [-0.2, -0.15) is 0 Å². The molecular weight excluding hydrogens is 282 g/mol. The third-order valence-corrected chi connectivity index (χ3v) is 3.75. The fourth-order valence-electron chi connectivity index (χ4n) is 1.91. The van der Waals surface area contributed by atoms with Crippen molar-refractivity contribution in [1.82, 2.24) is 9.97 Å². The Labute approximate surface area is 131 Å². The summed E-state index contributed by atoms with van der Waals surface area (Å²) in [5, 5.41) is 3.84. The van der Waals surface area contributed by atoms with Gasteiger partial charge >= 0.3 is 0 Å². The number of aryl methyl sites for hydroxylation is 1. The van der Waals surface area contributed by atoms with Crippen molar-refractivity contribution in [3.05, 3.63) is 46.4 Å². The van der Waals surface area contributed by atoms with Crippen LogP contribution in [0, 0.1) is 6.92 Å². The molecule has 4 heteroatoms. The molecule has 0 fully saturated rings. The molecule has 0 saturated carbocycles. The Morgan fingerprint density at radius 2 is 1.71 bits per heavy atom. The van der Waals surface area contributed by atoms with Gasteiger partial charge in [-0.05, 0) is 31.0 Å². The molecule has 0 atom stereocenters. The molecule has 1 aromatic carbocycles. The van der Waals surface area contributed by atoms with Crippen molar-refractivity contribution in [2.24, 2.45) is 0 Å². The van der Waals surface area contributed by atoms with Crippen LogP contribution in [-0.4, -0.2) is 9.97 Å². The van der Waals surface area contributed by atoms with E-state index < -0.39 is 0 Å². The third-order valence-electron chi connectivity index (χ3n) is 3.38. The first-order valence-electron chi connectivity index (χ1n) is 7.22. The monoisotopic (exact) mass is 303 g/mol. The molecule has 21 heavy (non-hydrogen) atoms. The van der Waals surface area contributed by atoms with Crippen molar-refractivity contribution in [2.45, 2.75) is 46.5 Å². The van der Waals surface area contributed by atoms with E-state index in [0.717, 1.165) is 29.3 Å². The van der Waals surface area contributed by atoms with Gasteiger partial charge < -0.3 is 5.32 Å². The summed E-state index contributed by atoms with van der Waals surface area (Å²) < 4.78 is 0. The van der Waals surface area contributed by atoms with Gasteiger partial charge in [0.15, 0.2) is 0 Å². The average Bonchev–Trinajstić information content (AvgIpc) is 2.43. The fourth-order valence-corrected chi connectivity index (χ4v) is 2.08. The smallest absolute Gasteiger partial charge is 0.138 e. The molecule has 3 nitrogen and oxygen atoms in total. The molecule has 0 bridgehead atoms. The van der Waals surface area contributed by atoms with Crippen molar-refractivity contribution in [3.63, 3.8) is 0 Å². The maximum Gasteiger partial charge on any atom is 0.138 e. The first kappa shape index (κ1) is 15.8. The van der Waals surface area contributed by atoms with E-state index in [-0.39, 0.29) is 5.41 Å². The van der Waals surface area contributed by atoms with Gasteiger partial charge in [0, 0.05) is 16.7 Å². The van der Waals surface area contributed by atoms with Gasteiger partial charge in [0.25, 0.3) is 0 Å². The van der Waals surface area contributed by atoms with Crippen LogP contribution in [0.1, 0.15) is 44.6 Å². The van der Waals surface area contributed by atoms with Crippen LogP contribution in [0.5, 0.6) is 0 Å². The molecule has 0 saturated heterocycles. The van der Waals surface area contributed by atoms with Gasteiger partial charge in [-0.1, -0.05) is 51.4 Å². The molecule has 1 aromatic heterocycles. The van der Waals surface area contributed by atoms with E-state index in [1.807, 2.05) is 6.92 Å². The molecule has 0 aliphatic heterocycles. The molecule has 0 aliphatic rings. The summed E-state index contributed by atoms with van der Waals surface area (Å²) in [6.45, 7) is 10.3. The van der Waals surface area contributed by atoms with E-state index in [9.17, 15) is 0 Å². The minimum absolute atomic E-state index is 0.139.